The minimum Gasteiger partial charge on any atom is -0.313 e. The van der Waals surface area contributed by atoms with Gasteiger partial charge in [-0.3, -0.25) is 0 Å². The van der Waals surface area contributed by atoms with E-state index in [0.29, 0.717) is 5.92 Å². The minimum absolute atomic E-state index is 0.168. The molecule has 74 valence electrons. The van der Waals surface area contributed by atoms with Gasteiger partial charge in [0.15, 0.2) is 0 Å². The molecule has 0 saturated heterocycles. The first-order valence-corrected chi connectivity index (χ1v) is 4.59. The summed E-state index contributed by atoms with van der Waals surface area (Å²) in [6.45, 7) is 14.4. The quantitative estimate of drug-likeness (QED) is 0.649. The van der Waals surface area contributed by atoms with Gasteiger partial charge in [-0.25, -0.2) is 0 Å². The average molecular weight is 173 g/mol. The predicted molar refractivity (Wildman–Crippen MR) is 52.3 cm³/mol. The van der Waals surface area contributed by atoms with Gasteiger partial charge in [0, 0.05) is 11.1 Å². The molecule has 0 fully saturated rings. The van der Waals surface area contributed by atoms with Gasteiger partial charge in [-0.15, -0.1) is 0 Å². The third kappa shape index (κ3) is 2.46. The minimum atomic E-state index is -0.187. The molecule has 1 N–H and O–H groups in total. The molecule has 0 rings (SSSR count). The third-order valence-corrected chi connectivity index (χ3v) is 2.59. The fourth-order valence-electron chi connectivity index (χ4n) is 1.11. The highest BCUT2D eigenvalue weighted by Gasteiger charge is 2.36. The zero-order valence-corrected chi connectivity index (χ0v) is 9.47. The lowest BCUT2D eigenvalue weighted by Crippen LogP contribution is -2.54. The maximum atomic E-state index is 9.92. The largest absolute Gasteiger partial charge is 0.313 e. The van der Waals surface area contributed by atoms with Crippen molar-refractivity contribution >= 4 is 0 Å². The Morgan fingerprint density at radius 3 is 1.42 bits per heavy atom. The molecule has 2 heteroatoms. The zero-order chi connectivity index (χ0) is 10.2. The molecular weight excluding hydrogens is 150 g/mol. The summed E-state index contributed by atoms with van der Waals surface area (Å²) in [6, 6.07) is 0. The van der Waals surface area contributed by atoms with Crippen molar-refractivity contribution in [2.24, 2.45) is 5.92 Å². The van der Waals surface area contributed by atoms with E-state index in [1.165, 1.54) is 5.06 Å². The molecular formula is C10H23NO. The average Bonchev–Trinajstić information content (AvgIpc) is 1.83. The van der Waals surface area contributed by atoms with E-state index in [0.717, 1.165) is 0 Å². The van der Waals surface area contributed by atoms with Crippen LogP contribution in [0.1, 0.15) is 48.5 Å². The summed E-state index contributed by atoms with van der Waals surface area (Å²) in [7, 11) is 0. The summed E-state index contributed by atoms with van der Waals surface area (Å²) in [6.07, 6.45) is 0. The van der Waals surface area contributed by atoms with E-state index >= 15 is 0 Å². The molecule has 0 amide bonds. The van der Waals surface area contributed by atoms with Gasteiger partial charge in [0.05, 0.1) is 0 Å². The Labute approximate surface area is 76.5 Å². The van der Waals surface area contributed by atoms with Crippen molar-refractivity contribution in [3.8, 4) is 0 Å². The van der Waals surface area contributed by atoms with Crippen molar-refractivity contribution in [2.75, 3.05) is 0 Å². The number of rotatable bonds is 2. The first-order chi connectivity index (χ1) is 5.10. The highest BCUT2D eigenvalue weighted by Crippen LogP contribution is 2.28. The Morgan fingerprint density at radius 1 is 1.00 bits per heavy atom. The summed E-state index contributed by atoms with van der Waals surface area (Å²) in [5, 5.41) is 11.4. The summed E-state index contributed by atoms with van der Waals surface area (Å²) in [4.78, 5) is 0. The van der Waals surface area contributed by atoms with Crippen molar-refractivity contribution in [3.05, 3.63) is 0 Å². The molecule has 0 radical (unpaired) electrons. The van der Waals surface area contributed by atoms with Crippen LogP contribution in [0.25, 0.3) is 0 Å². The summed E-state index contributed by atoms with van der Waals surface area (Å²) in [5.41, 5.74) is -0.355. The lowest BCUT2D eigenvalue weighted by atomic mass is 9.87. The Kier molecular flexibility index (Phi) is 3.32. The number of hydrogen-bond acceptors (Lipinski definition) is 2. The molecule has 12 heavy (non-hydrogen) atoms. The third-order valence-electron chi connectivity index (χ3n) is 2.59. The van der Waals surface area contributed by atoms with Crippen LogP contribution in [0.3, 0.4) is 0 Å². The van der Waals surface area contributed by atoms with Gasteiger partial charge in [0.25, 0.3) is 0 Å². The van der Waals surface area contributed by atoms with Crippen molar-refractivity contribution in [1.29, 1.82) is 0 Å². The molecule has 0 bridgehead atoms. The van der Waals surface area contributed by atoms with E-state index in [9.17, 15) is 5.21 Å². The highest BCUT2D eigenvalue weighted by molar-refractivity contribution is 4.86. The van der Waals surface area contributed by atoms with Crippen LogP contribution >= 0.6 is 0 Å². The molecule has 0 aromatic carbocycles. The van der Waals surface area contributed by atoms with Crippen LogP contribution in [-0.2, 0) is 0 Å². The summed E-state index contributed by atoms with van der Waals surface area (Å²) in [5.74, 6) is 0.432. The Morgan fingerprint density at radius 2 is 1.33 bits per heavy atom. The van der Waals surface area contributed by atoms with E-state index in [4.69, 9.17) is 0 Å². The molecule has 0 unspecified atom stereocenters. The Hall–Kier alpha value is -0.0800. The van der Waals surface area contributed by atoms with Crippen LogP contribution in [0, 0.1) is 5.92 Å². The van der Waals surface area contributed by atoms with E-state index in [-0.39, 0.29) is 11.1 Å². The van der Waals surface area contributed by atoms with Crippen LogP contribution in [0.5, 0.6) is 0 Å². The van der Waals surface area contributed by atoms with Crippen LogP contribution in [0.4, 0.5) is 0 Å². The van der Waals surface area contributed by atoms with Crippen molar-refractivity contribution in [3.63, 3.8) is 0 Å². The first-order valence-electron chi connectivity index (χ1n) is 4.59. The normalized spacial score (nSPS) is 14.5. The molecule has 0 saturated carbocycles. The molecule has 2 nitrogen and oxygen atoms in total. The van der Waals surface area contributed by atoms with Gasteiger partial charge in [0.1, 0.15) is 0 Å². The van der Waals surface area contributed by atoms with E-state index in [2.05, 4.69) is 27.7 Å². The zero-order valence-electron chi connectivity index (χ0n) is 9.47. The molecule has 0 aliphatic rings. The topological polar surface area (TPSA) is 23.5 Å². The molecule has 0 atom stereocenters. The van der Waals surface area contributed by atoms with Crippen LogP contribution in [0.15, 0.2) is 0 Å². The van der Waals surface area contributed by atoms with Gasteiger partial charge < -0.3 is 5.21 Å². The molecule has 0 aromatic rings. The summed E-state index contributed by atoms with van der Waals surface area (Å²) >= 11 is 0. The monoisotopic (exact) mass is 173 g/mol. The first kappa shape index (κ1) is 11.9. The lowest BCUT2D eigenvalue weighted by Gasteiger charge is -2.44. The molecule has 0 aliphatic carbocycles. The Balaban J connectivity index is 4.57. The van der Waals surface area contributed by atoms with Gasteiger partial charge in [-0.2, -0.15) is 5.06 Å². The van der Waals surface area contributed by atoms with E-state index in [1.807, 2.05) is 20.8 Å². The smallest absolute Gasteiger partial charge is 0.0433 e. The number of hydrogen-bond donors (Lipinski definition) is 1. The molecule has 0 heterocycles. The van der Waals surface area contributed by atoms with E-state index < -0.39 is 0 Å². The van der Waals surface area contributed by atoms with Gasteiger partial charge >= 0.3 is 0 Å². The number of hydroxylamine groups is 2. The predicted octanol–water partition coefficient (Wildman–Crippen LogP) is 2.91. The molecule has 0 spiro atoms. The fourth-order valence-corrected chi connectivity index (χ4v) is 1.11. The maximum absolute atomic E-state index is 9.92. The second-order valence-electron chi connectivity index (χ2n) is 5.29. The van der Waals surface area contributed by atoms with Gasteiger partial charge in [-0.05, 0) is 40.5 Å². The standard InChI is InChI=1S/C10H23NO/c1-8(2)10(6,7)11(12)9(3,4)5/h8,12H,1-7H3. The highest BCUT2D eigenvalue weighted by atomic mass is 16.5. The number of nitrogens with zero attached hydrogens (tertiary/aromatic N) is 1. The molecule has 0 aliphatic heterocycles. The fraction of sp³-hybridized carbons (Fsp3) is 1.00. The summed E-state index contributed by atoms with van der Waals surface area (Å²) < 4.78 is 0. The van der Waals surface area contributed by atoms with Crippen molar-refractivity contribution in [2.45, 2.75) is 59.5 Å². The van der Waals surface area contributed by atoms with Crippen LogP contribution < -0.4 is 0 Å². The maximum Gasteiger partial charge on any atom is 0.0433 e. The van der Waals surface area contributed by atoms with Gasteiger partial charge in [-0.1, -0.05) is 13.8 Å². The lowest BCUT2D eigenvalue weighted by molar-refractivity contribution is -0.229. The van der Waals surface area contributed by atoms with Gasteiger partial charge in [0.2, 0.25) is 0 Å². The van der Waals surface area contributed by atoms with Crippen molar-refractivity contribution in [1.82, 2.24) is 5.06 Å². The Bertz CT molecular complexity index is 144. The van der Waals surface area contributed by atoms with E-state index in [1.54, 1.807) is 0 Å². The van der Waals surface area contributed by atoms with Crippen molar-refractivity contribution < 1.29 is 5.21 Å². The van der Waals surface area contributed by atoms with Crippen LogP contribution in [0.2, 0.25) is 0 Å². The SMILES string of the molecule is CC(C)C(C)(C)N(O)C(C)(C)C. The van der Waals surface area contributed by atoms with Crippen LogP contribution in [-0.4, -0.2) is 21.3 Å². The second kappa shape index (κ2) is 3.35. The second-order valence-corrected chi connectivity index (χ2v) is 5.29. The molecule has 0 aromatic heterocycles.